The average Bonchev–Trinajstić information content (AvgIpc) is 2.78. The summed E-state index contributed by atoms with van der Waals surface area (Å²) >= 11 is 1.42. The zero-order valence-corrected chi connectivity index (χ0v) is 18.1. The fraction of sp³-hybridized carbons (Fsp3) is 0.217. The Morgan fingerprint density at radius 3 is 2.65 bits per heavy atom. The monoisotopic (exact) mass is 436 g/mol. The van der Waals surface area contributed by atoms with E-state index in [2.05, 4.69) is 34.4 Å². The van der Waals surface area contributed by atoms with Gasteiger partial charge in [0, 0.05) is 23.8 Å². The van der Waals surface area contributed by atoms with Gasteiger partial charge < -0.3 is 15.7 Å². The zero-order chi connectivity index (χ0) is 22.2. The molecule has 0 aliphatic rings. The number of aromatic nitrogens is 2. The van der Waals surface area contributed by atoms with Crippen molar-refractivity contribution in [3.05, 3.63) is 77.6 Å². The smallest absolute Gasteiger partial charge is 0.258 e. The fourth-order valence-electron chi connectivity index (χ4n) is 2.82. The van der Waals surface area contributed by atoms with Gasteiger partial charge in [0.25, 0.3) is 11.8 Å². The third-order valence-corrected chi connectivity index (χ3v) is 5.51. The molecule has 0 bridgehead atoms. The summed E-state index contributed by atoms with van der Waals surface area (Å²) in [5, 5.41) is 14.9. The number of benzene rings is 1. The highest BCUT2D eigenvalue weighted by molar-refractivity contribution is 7.98. The van der Waals surface area contributed by atoms with Gasteiger partial charge in [0.2, 0.25) is 0 Å². The fourth-order valence-corrected chi connectivity index (χ4v) is 3.75. The van der Waals surface area contributed by atoms with Crippen LogP contribution in [0, 0.1) is 0 Å². The first-order valence-corrected chi connectivity index (χ1v) is 10.8. The Labute approximate surface area is 185 Å². The van der Waals surface area contributed by atoms with E-state index in [1.807, 2.05) is 30.3 Å². The number of hydrogen-bond acceptors (Lipinski definition) is 6. The van der Waals surface area contributed by atoms with Gasteiger partial charge in [0.05, 0.1) is 5.56 Å². The van der Waals surface area contributed by atoms with Crippen LogP contribution < -0.4 is 10.6 Å². The molecule has 0 unspecified atom stereocenters. The highest BCUT2D eigenvalue weighted by Crippen LogP contribution is 2.26. The number of nitrogens with one attached hydrogen (secondary N) is 2. The van der Waals surface area contributed by atoms with Crippen molar-refractivity contribution in [3.8, 4) is 0 Å². The first-order chi connectivity index (χ1) is 15.0. The molecule has 0 fully saturated rings. The summed E-state index contributed by atoms with van der Waals surface area (Å²) < 4.78 is 0. The third kappa shape index (κ3) is 6.37. The maximum atomic E-state index is 12.9. The van der Waals surface area contributed by atoms with E-state index in [1.54, 1.807) is 30.6 Å². The van der Waals surface area contributed by atoms with Crippen molar-refractivity contribution in [1.82, 2.24) is 9.97 Å². The number of aliphatic hydroxyl groups excluding tert-OH is 1. The minimum atomic E-state index is -0.604. The number of pyridine rings is 2. The van der Waals surface area contributed by atoms with Crippen LogP contribution >= 0.6 is 11.8 Å². The lowest BCUT2D eigenvalue weighted by atomic mass is 10.0. The molecule has 31 heavy (non-hydrogen) atoms. The minimum Gasteiger partial charge on any atom is -0.387 e. The molecule has 0 saturated heterocycles. The Kier molecular flexibility index (Phi) is 7.75. The van der Waals surface area contributed by atoms with E-state index in [-0.39, 0.29) is 5.91 Å². The van der Waals surface area contributed by atoms with E-state index in [4.69, 9.17) is 5.11 Å². The largest absolute Gasteiger partial charge is 0.387 e. The number of aliphatic hydroxyl groups is 1. The van der Waals surface area contributed by atoms with Crippen LogP contribution in [-0.4, -0.2) is 33.5 Å². The van der Waals surface area contributed by atoms with Gasteiger partial charge in [0.1, 0.15) is 17.5 Å². The number of carbonyl (C=O) groups excluding carboxylic acids is 2. The van der Waals surface area contributed by atoms with Crippen LogP contribution in [0.4, 0.5) is 11.5 Å². The summed E-state index contributed by atoms with van der Waals surface area (Å²) in [5.41, 5.74) is 3.29. The molecule has 2 heterocycles. The van der Waals surface area contributed by atoms with Crippen LogP contribution in [0.25, 0.3) is 0 Å². The van der Waals surface area contributed by atoms with Gasteiger partial charge in [-0.3, -0.25) is 9.59 Å². The van der Waals surface area contributed by atoms with Gasteiger partial charge in [0.15, 0.2) is 0 Å². The van der Waals surface area contributed by atoms with E-state index >= 15 is 0 Å². The van der Waals surface area contributed by atoms with Crippen molar-refractivity contribution in [1.29, 1.82) is 0 Å². The minimum absolute atomic E-state index is 0.220. The van der Waals surface area contributed by atoms with Crippen LogP contribution in [0.2, 0.25) is 0 Å². The lowest BCUT2D eigenvalue weighted by molar-refractivity contribution is -0.118. The number of carbonyl (C=O) groups is 2. The predicted molar refractivity (Wildman–Crippen MR) is 122 cm³/mol. The topological polar surface area (TPSA) is 104 Å². The van der Waals surface area contributed by atoms with E-state index in [0.717, 1.165) is 16.8 Å². The highest BCUT2D eigenvalue weighted by atomic mass is 32.2. The summed E-state index contributed by atoms with van der Waals surface area (Å²) in [4.78, 5) is 32.7. The summed E-state index contributed by atoms with van der Waals surface area (Å²) in [7, 11) is 0. The molecular weight excluding hydrogens is 412 g/mol. The maximum Gasteiger partial charge on any atom is 0.258 e. The van der Waals surface area contributed by atoms with Crippen molar-refractivity contribution in [2.75, 3.05) is 17.2 Å². The molecule has 1 aromatic carbocycles. The number of rotatable bonds is 8. The molecular formula is C23H24N4O3S. The summed E-state index contributed by atoms with van der Waals surface area (Å²) in [5.74, 6) is 0.518. The van der Waals surface area contributed by atoms with E-state index in [9.17, 15) is 9.59 Å². The molecule has 0 atom stereocenters. The summed E-state index contributed by atoms with van der Waals surface area (Å²) in [6, 6.07) is 14.8. The van der Waals surface area contributed by atoms with E-state index < -0.39 is 12.5 Å². The molecule has 7 nitrogen and oxygen atoms in total. The van der Waals surface area contributed by atoms with Gasteiger partial charge in [-0.1, -0.05) is 26.0 Å². The summed E-state index contributed by atoms with van der Waals surface area (Å²) in [6.07, 6.45) is 3.23. The number of amides is 2. The Hall–Kier alpha value is -3.23. The lowest BCUT2D eigenvalue weighted by Gasteiger charge is -2.11. The molecule has 0 saturated carbocycles. The van der Waals surface area contributed by atoms with Crippen molar-refractivity contribution < 1.29 is 14.7 Å². The molecule has 0 aliphatic carbocycles. The Balaban J connectivity index is 1.71. The van der Waals surface area contributed by atoms with Crippen molar-refractivity contribution in [2.24, 2.45) is 0 Å². The Bertz CT molecular complexity index is 1070. The van der Waals surface area contributed by atoms with Gasteiger partial charge >= 0.3 is 0 Å². The Morgan fingerprint density at radius 1 is 1.03 bits per heavy atom. The average molecular weight is 437 g/mol. The number of anilines is 2. The first kappa shape index (κ1) is 22.5. The van der Waals surface area contributed by atoms with E-state index in [0.29, 0.717) is 28.1 Å². The van der Waals surface area contributed by atoms with Crippen molar-refractivity contribution >= 4 is 35.1 Å². The molecule has 0 aliphatic heterocycles. The molecule has 3 aromatic rings. The summed E-state index contributed by atoms with van der Waals surface area (Å²) in [6.45, 7) is 3.61. The normalized spacial score (nSPS) is 10.7. The number of thioether (sulfide) groups is 1. The molecule has 0 radical (unpaired) electrons. The SMILES string of the molecule is CC(C)c1cccc(NC(=O)c2cccnc2SCc2ccnc(NC(=O)CO)c2)c1. The quantitative estimate of drug-likeness (QED) is 0.460. The molecule has 3 N–H and O–H groups in total. The Morgan fingerprint density at radius 2 is 1.87 bits per heavy atom. The lowest BCUT2D eigenvalue weighted by Crippen LogP contribution is -2.16. The second-order valence-corrected chi connectivity index (χ2v) is 8.10. The highest BCUT2D eigenvalue weighted by Gasteiger charge is 2.14. The van der Waals surface area contributed by atoms with Crippen LogP contribution in [0.15, 0.2) is 66.0 Å². The molecule has 2 aromatic heterocycles. The van der Waals surface area contributed by atoms with Crippen LogP contribution in [0.1, 0.15) is 41.3 Å². The molecule has 8 heteroatoms. The van der Waals surface area contributed by atoms with Gasteiger partial charge in [-0.2, -0.15) is 0 Å². The second kappa shape index (κ2) is 10.7. The molecule has 0 spiro atoms. The molecule has 3 rings (SSSR count). The molecule has 160 valence electrons. The van der Waals surface area contributed by atoms with Gasteiger partial charge in [-0.15, -0.1) is 11.8 Å². The third-order valence-electron chi connectivity index (χ3n) is 4.44. The predicted octanol–water partition coefficient (Wildman–Crippen LogP) is 4.08. The maximum absolute atomic E-state index is 12.9. The standard InChI is InChI=1S/C23H24N4O3S/c1-15(2)17-5-3-6-18(12-17)26-22(30)19-7-4-9-25-23(19)31-14-16-8-10-24-20(11-16)27-21(29)13-28/h3-12,15,28H,13-14H2,1-2H3,(H,26,30)(H,24,27,29). The number of nitrogens with zero attached hydrogens (tertiary/aromatic N) is 2. The van der Waals surface area contributed by atoms with E-state index in [1.165, 1.54) is 11.8 Å². The second-order valence-electron chi connectivity index (χ2n) is 7.13. The van der Waals surface area contributed by atoms with Gasteiger partial charge in [-0.25, -0.2) is 9.97 Å². The van der Waals surface area contributed by atoms with Crippen LogP contribution in [0.3, 0.4) is 0 Å². The first-order valence-electron chi connectivity index (χ1n) is 9.81. The number of hydrogen-bond donors (Lipinski definition) is 3. The zero-order valence-electron chi connectivity index (χ0n) is 17.3. The van der Waals surface area contributed by atoms with Crippen LogP contribution in [0.5, 0.6) is 0 Å². The van der Waals surface area contributed by atoms with Crippen molar-refractivity contribution in [3.63, 3.8) is 0 Å². The molecule has 2 amide bonds. The van der Waals surface area contributed by atoms with Gasteiger partial charge in [-0.05, 0) is 53.4 Å². The van der Waals surface area contributed by atoms with Crippen molar-refractivity contribution in [2.45, 2.75) is 30.5 Å². The van der Waals surface area contributed by atoms with Crippen LogP contribution in [-0.2, 0) is 10.5 Å².